The fraction of sp³-hybridized carbons (Fsp3) is 0.333. The third-order valence-corrected chi connectivity index (χ3v) is 6.15. The maximum Gasteiger partial charge on any atom is 0.250 e. The van der Waals surface area contributed by atoms with E-state index in [4.69, 9.17) is 9.47 Å². The average molecular weight is 426 g/mol. The van der Waals surface area contributed by atoms with Gasteiger partial charge in [-0.1, -0.05) is 19.1 Å². The van der Waals surface area contributed by atoms with Crippen LogP contribution in [0.4, 0.5) is 5.69 Å². The van der Waals surface area contributed by atoms with Gasteiger partial charge in [0.25, 0.3) is 5.91 Å². The highest BCUT2D eigenvalue weighted by molar-refractivity contribution is 8.00. The minimum absolute atomic E-state index is 0.0215. The Morgan fingerprint density at radius 3 is 2.77 bits per heavy atom. The summed E-state index contributed by atoms with van der Waals surface area (Å²) < 4.78 is 10.6. The van der Waals surface area contributed by atoms with E-state index in [2.05, 4.69) is 28.4 Å². The number of rotatable bonds is 5. The number of aromatic nitrogens is 4. The molecule has 2 heterocycles. The van der Waals surface area contributed by atoms with Crippen LogP contribution in [-0.2, 0) is 11.3 Å². The van der Waals surface area contributed by atoms with Crippen molar-refractivity contribution in [1.29, 1.82) is 0 Å². The van der Waals surface area contributed by atoms with Gasteiger partial charge in [-0.3, -0.25) is 4.79 Å². The van der Waals surface area contributed by atoms with E-state index in [-0.39, 0.29) is 12.5 Å². The summed E-state index contributed by atoms with van der Waals surface area (Å²) in [5, 5.41) is 13.0. The van der Waals surface area contributed by atoms with Crippen molar-refractivity contribution in [3.05, 3.63) is 42.5 Å². The zero-order valence-corrected chi connectivity index (χ0v) is 17.9. The van der Waals surface area contributed by atoms with Gasteiger partial charge in [0.05, 0.1) is 19.9 Å². The van der Waals surface area contributed by atoms with Gasteiger partial charge in [-0.15, -0.1) is 22.0 Å². The number of benzene rings is 2. The maximum absolute atomic E-state index is 13.1. The van der Waals surface area contributed by atoms with E-state index in [0.29, 0.717) is 29.1 Å². The smallest absolute Gasteiger partial charge is 0.250 e. The molecule has 1 unspecified atom stereocenters. The number of carbonyl (C=O) groups is 1. The first-order valence-corrected chi connectivity index (χ1v) is 10.5. The third kappa shape index (κ3) is 4.11. The lowest BCUT2D eigenvalue weighted by atomic mass is 10.2. The summed E-state index contributed by atoms with van der Waals surface area (Å²) in [7, 11) is 3.15. The van der Waals surface area contributed by atoms with Gasteiger partial charge in [0, 0.05) is 22.3 Å². The molecule has 1 amide bonds. The van der Waals surface area contributed by atoms with E-state index < -0.39 is 0 Å². The van der Waals surface area contributed by atoms with Gasteiger partial charge in [0.1, 0.15) is 6.54 Å². The molecule has 0 bridgehead atoms. The number of hydrogen-bond acceptors (Lipinski definition) is 7. The Balaban J connectivity index is 1.54. The van der Waals surface area contributed by atoms with Gasteiger partial charge >= 0.3 is 0 Å². The minimum atomic E-state index is -0.0617. The fourth-order valence-corrected chi connectivity index (χ4v) is 4.47. The van der Waals surface area contributed by atoms with Gasteiger partial charge in [0.2, 0.25) is 5.82 Å². The van der Waals surface area contributed by atoms with Gasteiger partial charge < -0.3 is 14.4 Å². The number of methoxy groups -OCH3 is 2. The van der Waals surface area contributed by atoms with E-state index in [9.17, 15) is 4.79 Å². The van der Waals surface area contributed by atoms with Crippen LogP contribution in [-0.4, -0.2) is 52.1 Å². The number of amides is 1. The highest BCUT2D eigenvalue weighted by atomic mass is 32.2. The number of carbonyl (C=O) groups excluding carboxylic acids is 1. The molecule has 3 aromatic rings. The molecule has 0 saturated carbocycles. The predicted molar refractivity (Wildman–Crippen MR) is 115 cm³/mol. The van der Waals surface area contributed by atoms with E-state index in [1.807, 2.05) is 29.2 Å². The Kier molecular flexibility index (Phi) is 5.89. The third-order valence-electron chi connectivity index (χ3n) is 4.92. The van der Waals surface area contributed by atoms with Crippen molar-refractivity contribution in [2.24, 2.45) is 0 Å². The molecular formula is C21H23N5O3S. The van der Waals surface area contributed by atoms with Crippen molar-refractivity contribution in [2.75, 3.05) is 25.7 Å². The second-order valence-electron chi connectivity index (χ2n) is 6.94. The average Bonchev–Trinajstić information content (AvgIpc) is 3.15. The quantitative estimate of drug-likeness (QED) is 0.620. The van der Waals surface area contributed by atoms with Crippen LogP contribution in [0, 0.1) is 0 Å². The fourth-order valence-electron chi connectivity index (χ4n) is 3.35. The topological polar surface area (TPSA) is 82.4 Å². The van der Waals surface area contributed by atoms with Crippen molar-refractivity contribution in [2.45, 2.75) is 30.0 Å². The van der Waals surface area contributed by atoms with Crippen LogP contribution in [0.15, 0.2) is 47.4 Å². The molecule has 0 fully saturated rings. The molecule has 0 N–H and O–H groups in total. The number of nitrogens with zero attached hydrogens (tertiary/aromatic N) is 5. The first-order valence-electron chi connectivity index (χ1n) is 9.65. The largest absolute Gasteiger partial charge is 0.493 e. The van der Waals surface area contributed by atoms with E-state index in [1.165, 1.54) is 4.80 Å². The normalized spacial score (nSPS) is 16.0. The number of anilines is 1. The summed E-state index contributed by atoms with van der Waals surface area (Å²) in [5.41, 5.74) is 1.67. The molecule has 1 aliphatic heterocycles. The van der Waals surface area contributed by atoms with Crippen molar-refractivity contribution < 1.29 is 14.3 Å². The number of para-hydroxylation sites is 1. The summed E-state index contributed by atoms with van der Waals surface area (Å²) >= 11 is 1.80. The molecule has 0 saturated heterocycles. The number of tetrazole rings is 1. The number of hydrogen-bond donors (Lipinski definition) is 0. The molecule has 2 aromatic carbocycles. The molecule has 9 heteroatoms. The second-order valence-corrected chi connectivity index (χ2v) is 8.42. The second kappa shape index (κ2) is 8.74. The van der Waals surface area contributed by atoms with Crippen LogP contribution in [0.1, 0.15) is 13.3 Å². The Labute approximate surface area is 179 Å². The molecule has 4 rings (SSSR count). The maximum atomic E-state index is 13.1. The standard InChI is InChI=1S/C21H23N5O3S/c1-14-10-11-25(16-6-4-5-7-19(16)30-14)20(27)13-26-23-21(22-24-26)15-8-9-17(28-2)18(12-15)29-3/h4-9,12,14H,10-11,13H2,1-3H3. The Morgan fingerprint density at radius 2 is 1.97 bits per heavy atom. The molecule has 0 radical (unpaired) electrons. The van der Waals surface area contributed by atoms with Gasteiger partial charge in [-0.05, 0) is 42.0 Å². The summed E-state index contributed by atoms with van der Waals surface area (Å²) in [6, 6.07) is 13.4. The summed E-state index contributed by atoms with van der Waals surface area (Å²) in [4.78, 5) is 17.3. The predicted octanol–water partition coefficient (Wildman–Crippen LogP) is 3.27. The molecule has 1 aromatic heterocycles. The SMILES string of the molecule is COc1ccc(-c2nnn(CC(=O)N3CCC(C)Sc4ccccc43)n2)cc1OC. The highest BCUT2D eigenvalue weighted by Gasteiger charge is 2.25. The van der Waals surface area contributed by atoms with E-state index >= 15 is 0 Å². The first kappa shape index (κ1) is 20.2. The molecule has 0 aliphatic carbocycles. The lowest BCUT2D eigenvalue weighted by Gasteiger charge is -2.22. The van der Waals surface area contributed by atoms with Crippen LogP contribution in [0.3, 0.4) is 0 Å². The summed E-state index contributed by atoms with van der Waals surface area (Å²) in [6.07, 6.45) is 0.923. The number of ether oxygens (including phenoxy) is 2. The van der Waals surface area contributed by atoms with Crippen LogP contribution < -0.4 is 14.4 Å². The van der Waals surface area contributed by atoms with Crippen molar-refractivity contribution in [3.8, 4) is 22.9 Å². The van der Waals surface area contributed by atoms with Crippen LogP contribution in [0.2, 0.25) is 0 Å². The van der Waals surface area contributed by atoms with Crippen LogP contribution >= 0.6 is 11.8 Å². The Hall–Kier alpha value is -3.07. The zero-order valence-electron chi connectivity index (χ0n) is 17.1. The van der Waals surface area contributed by atoms with Crippen molar-refractivity contribution in [1.82, 2.24) is 20.2 Å². The van der Waals surface area contributed by atoms with Crippen molar-refractivity contribution in [3.63, 3.8) is 0 Å². The lowest BCUT2D eigenvalue weighted by molar-refractivity contribution is -0.119. The van der Waals surface area contributed by atoms with Gasteiger partial charge in [-0.25, -0.2) is 0 Å². The molecule has 156 valence electrons. The first-order chi connectivity index (χ1) is 14.6. The van der Waals surface area contributed by atoms with Crippen LogP contribution in [0.5, 0.6) is 11.5 Å². The van der Waals surface area contributed by atoms with Crippen LogP contribution in [0.25, 0.3) is 11.4 Å². The van der Waals surface area contributed by atoms with Crippen molar-refractivity contribution >= 4 is 23.4 Å². The molecule has 0 spiro atoms. The van der Waals surface area contributed by atoms with Gasteiger partial charge in [0.15, 0.2) is 11.5 Å². The summed E-state index contributed by atoms with van der Waals surface area (Å²) in [6.45, 7) is 2.87. The van der Waals surface area contributed by atoms with E-state index in [0.717, 1.165) is 22.6 Å². The van der Waals surface area contributed by atoms with Gasteiger partial charge in [-0.2, -0.15) is 4.80 Å². The molecule has 1 atom stereocenters. The number of thioether (sulfide) groups is 1. The monoisotopic (exact) mass is 425 g/mol. The highest BCUT2D eigenvalue weighted by Crippen LogP contribution is 2.37. The minimum Gasteiger partial charge on any atom is -0.493 e. The Morgan fingerprint density at radius 1 is 1.17 bits per heavy atom. The Bertz CT molecular complexity index is 1050. The molecule has 8 nitrogen and oxygen atoms in total. The molecular weight excluding hydrogens is 402 g/mol. The summed E-state index contributed by atoms with van der Waals surface area (Å²) in [5.74, 6) is 1.56. The molecule has 30 heavy (non-hydrogen) atoms. The molecule has 1 aliphatic rings. The number of fused-ring (bicyclic) bond motifs is 1. The van der Waals surface area contributed by atoms with E-state index in [1.54, 1.807) is 38.1 Å². The zero-order chi connectivity index (χ0) is 21.1. The lowest BCUT2D eigenvalue weighted by Crippen LogP contribution is -2.35.